The van der Waals surface area contributed by atoms with Crippen LogP contribution in [0.2, 0.25) is 0 Å². The van der Waals surface area contributed by atoms with Crippen molar-refractivity contribution in [3.05, 3.63) is 28.8 Å². The molecule has 1 aliphatic rings. The second-order valence-electron chi connectivity index (χ2n) is 5.21. The first kappa shape index (κ1) is 16.9. The Bertz CT molecular complexity index is 593. The summed E-state index contributed by atoms with van der Waals surface area (Å²) < 4.78 is 10.9. The first-order valence-corrected chi connectivity index (χ1v) is 8.56. The lowest BCUT2D eigenvalue weighted by atomic mass is 9.97. The Kier molecular flexibility index (Phi) is 6.29. The van der Waals surface area contributed by atoms with Crippen LogP contribution in [0.1, 0.15) is 43.0 Å². The van der Waals surface area contributed by atoms with Gasteiger partial charge in [0.05, 0.1) is 18.4 Å². The molecule has 1 aromatic rings. The Morgan fingerprint density at radius 3 is 2.86 bits per heavy atom. The number of fused-ring (bicyclic) bond motifs is 1. The number of hydrogen-bond donors (Lipinski definition) is 0. The van der Waals surface area contributed by atoms with E-state index in [4.69, 9.17) is 9.47 Å². The lowest BCUT2D eigenvalue weighted by Crippen LogP contribution is -2.23. The van der Waals surface area contributed by atoms with Crippen LogP contribution in [0, 0.1) is 11.3 Å². The second kappa shape index (κ2) is 8.21. The number of hydrogen-bond acceptors (Lipinski definition) is 5. The number of rotatable bonds is 7. The van der Waals surface area contributed by atoms with E-state index in [1.54, 1.807) is 32.2 Å². The molecule has 1 unspecified atom stereocenters. The second-order valence-corrected chi connectivity index (χ2v) is 6.32. The fraction of sp³-hybridized carbons (Fsp3) is 0.529. The zero-order valence-corrected chi connectivity index (χ0v) is 14.2. The SMILES string of the molecule is CCCCCSc1c(C#N)cnc2c1CC(OC)C(OC)=C2. The summed E-state index contributed by atoms with van der Waals surface area (Å²) in [5.74, 6) is 1.81. The highest BCUT2D eigenvalue weighted by Crippen LogP contribution is 2.35. The van der Waals surface area contributed by atoms with Gasteiger partial charge in [-0.1, -0.05) is 19.8 Å². The van der Waals surface area contributed by atoms with Crippen LogP contribution in [-0.4, -0.2) is 31.1 Å². The molecule has 0 saturated heterocycles. The number of pyridine rings is 1. The van der Waals surface area contributed by atoms with Crippen LogP contribution in [0.3, 0.4) is 0 Å². The molecule has 0 amide bonds. The summed E-state index contributed by atoms with van der Waals surface area (Å²) in [5, 5.41) is 9.37. The summed E-state index contributed by atoms with van der Waals surface area (Å²) in [5.41, 5.74) is 2.65. The van der Waals surface area contributed by atoms with Crippen molar-refractivity contribution in [2.45, 2.75) is 43.6 Å². The molecule has 5 heteroatoms. The number of unbranched alkanes of at least 4 members (excludes halogenated alkanes) is 2. The number of thioether (sulfide) groups is 1. The third-order valence-electron chi connectivity index (χ3n) is 3.78. The van der Waals surface area contributed by atoms with Crippen molar-refractivity contribution < 1.29 is 9.47 Å². The lowest BCUT2D eigenvalue weighted by Gasteiger charge is -2.25. The van der Waals surface area contributed by atoms with E-state index in [1.807, 2.05) is 6.08 Å². The van der Waals surface area contributed by atoms with Crippen LogP contribution in [0.5, 0.6) is 0 Å². The Labute approximate surface area is 136 Å². The molecule has 0 radical (unpaired) electrons. The average Bonchev–Trinajstić information content (AvgIpc) is 2.57. The molecule has 1 heterocycles. The molecule has 118 valence electrons. The van der Waals surface area contributed by atoms with Crippen molar-refractivity contribution in [3.63, 3.8) is 0 Å². The molecule has 0 fully saturated rings. The molecule has 1 aliphatic carbocycles. The van der Waals surface area contributed by atoms with Crippen LogP contribution < -0.4 is 0 Å². The topological polar surface area (TPSA) is 55.1 Å². The molecule has 1 atom stereocenters. The van der Waals surface area contributed by atoms with Gasteiger partial charge in [-0.2, -0.15) is 5.26 Å². The van der Waals surface area contributed by atoms with Crippen LogP contribution in [0.15, 0.2) is 16.9 Å². The van der Waals surface area contributed by atoms with Gasteiger partial charge in [0.25, 0.3) is 0 Å². The molecule has 2 rings (SSSR count). The van der Waals surface area contributed by atoms with Crippen LogP contribution in [-0.2, 0) is 15.9 Å². The van der Waals surface area contributed by atoms with Crippen LogP contribution in [0.25, 0.3) is 6.08 Å². The maximum absolute atomic E-state index is 9.37. The van der Waals surface area contributed by atoms with Crippen molar-refractivity contribution in [3.8, 4) is 6.07 Å². The number of methoxy groups -OCH3 is 2. The van der Waals surface area contributed by atoms with E-state index in [9.17, 15) is 5.26 Å². The van der Waals surface area contributed by atoms with Gasteiger partial charge >= 0.3 is 0 Å². The van der Waals surface area contributed by atoms with E-state index in [-0.39, 0.29) is 6.10 Å². The Morgan fingerprint density at radius 2 is 2.23 bits per heavy atom. The fourth-order valence-electron chi connectivity index (χ4n) is 2.55. The van der Waals surface area contributed by atoms with E-state index in [1.165, 1.54) is 12.8 Å². The summed E-state index contributed by atoms with van der Waals surface area (Å²) in [6, 6.07) is 2.27. The predicted octanol–water partition coefficient (Wildman–Crippen LogP) is 3.79. The first-order valence-electron chi connectivity index (χ1n) is 7.58. The van der Waals surface area contributed by atoms with Gasteiger partial charge in [0.2, 0.25) is 0 Å². The summed E-state index contributed by atoms with van der Waals surface area (Å²) in [6.45, 7) is 2.19. The van der Waals surface area contributed by atoms with Crippen molar-refractivity contribution in [1.82, 2.24) is 4.98 Å². The molecule has 22 heavy (non-hydrogen) atoms. The molecule has 0 saturated carbocycles. The van der Waals surface area contributed by atoms with E-state index >= 15 is 0 Å². The number of nitriles is 1. The Hall–Kier alpha value is -1.51. The van der Waals surface area contributed by atoms with E-state index in [2.05, 4.69) is 18.0 Å². The van der Waals surface area contributed by atoms with Crippen molar-refractivity contribution in [1.29, 1.82) is 5.26 Å². The highest BCUT2D eigenvalue weighted by molar-refractivity contribution is 7.99. The monoisotopic (exact) mass is 318 g/mol. The van der Waals surface area contributed by atoms with Gasteiger partial charge in [-0.05, 0) is 17.7 Å². The Morgan fingerprint density at radius 1 is 1.41 bits per heavy atom. The zero-order chi connectivity index (χ0) is 15.9. The lowest BCUT2D eigenvalue weighted by molar-refractivity contribution is 0.0788. The molecule has 0 bridgehead atoms. The van der Waals surface area contributed by atoms with Gasteiger partial charge in [-0.3, -0.25) is 4.98 Å². The molecule has 1 aromatic heterocycles. The number of ether oxygens (including phenoxy) is 2. The maximum atomic E-state index is 9.37. The summed E-state index contributed by atoms with van der Waals surface area (Å²) in [7, 11) is 3.32. The first-order chi connectivity index (χ1) is 10.7. The molecule has 4 nitrogen and oxygen atoms in total. The molecule has 0 spiro atoms. The van der Waals surface area contributed by atoms with Gasteiger partial charge in [0.15, 0.2) is 0 Å². The highest BCUT2D eigenvalue weighted by Gasteiger charge is 2.26. The highest BCUT2D eigenvalue weighted by atomic mass is 32.2. The predicted molar refractivity (Wildman–Crippen MR) is 88.7 cm³/mol. The number of nitrogens with zero attached hydrogens (tertiary/aromatic N) is 2. The van der Waals surface area contributed by atoms with E-state index < -0.39 is 0 Å². The molecular weight excluding hydrogens is 296 g/mol. The summed E-state index contributed by atoms with van der Waals surface area (Å²) in [4.78, 5) is 5.47. The largest absolute Gasteiger partial charge is 0.498 e. The number of aromatic nitrogens is 1. The normalized spacial score (nSPS) is 16.6. The minimum Gasteiger partial charge on any atom is -0.498 e. The molecule has 0 N–H and O–H groups in total. The standard InChI is InChI=1S/C17H22N2O2S/c1-4-5-6-7-22-17-12(10-18)11-19-14-9-16(21-3)15(20-2)8-13(14)17/h9,11,15H,4-8H2,1-3H3. The van der Waals surface area contributed by atoms with Gasteiger partial charge < -0.3 is 9.47 Å². The molecule has 0 aliphatic heterocycles. The third-order valence-corrected chi connectivity index (χ3v) is 5.03. The average molecular weight is 318 g/mol. The zero-order valence-electron chi connectivity index (χ0n) is 13.4. The van der Waals surface area contributed by atoms with Gasteiger partial charge in [0.1, 0.15) is 17.9 Å². The Balaban J connectivity index is 2.33. The van der Waals surface area contributed by atoms with Crippen LogP contribution >= 0.6 is 11.8 Å². The van der Waals surface area contributed by atoms with Gasteiger partial charge in [-0.25, -0.2) is 0 Å². The van der Waals surface area contributed by atoms with Gasteiger partial charge in [0, 0.05) is 30.7 Å². The smallest absolute Gasteiger partial charge is 0.127 e. The maximum Gasteiger partial charge on any atom is 0.127 e. The summed E-state index contributed by atoms with van der Waals surface area (Å²) in [6.07, 6.45) is 7.76. The van der Waals surface area contributed by atoms with Crippen molar-refractivity contribution in [2.75, 3.05) is 20.0 Å². The molecule has 0 aromatic carbocycles. The summed E-state index contributed by atoms with van der Waals surface area (Å²) >= 11 is 1.76. The fourth-order valence-corrected chi connectivity index (χ4v) is 3.71. The van der Waals surface area contributed by atoms with Crippen molar-refractivity contribution in [2.24, 2.45) is 0 Å². The van der Waals surface area contributed by atoms with Crippen molar-refractivity contribution >= 4 is 17.8 Å². The minimum atomic E-state index is -0.108. The van der Waals surface area contributed by atoms with Crippen LogP contribution in [0.4, 0.5) is 0 Å². The minimum absolute atomic E-state index is 0.108. The quantitative estimate of drug-likeness (QED) is 0.565. The molecular formula is C17H22N2O2S. The van der Waals surface area contributed by atoms with E-state index in [0.29, 0.717) is 12.0 Å². The third kappa shape index (κ3) is 3.63. The van der Waals surface area contributed by atoms with Gasteiger partial charge in [-0.15, -0.1) is 11.8 Å². The van der Waals surface area contributed by atoms with E-state index in [0.717, 1.165) is 34.1 Å².